The molecule has 1 N–H and O–H groups in total. The number of halogens is 2. The highest BCUT2D eigenvalue weighted by molar-refractivity contribution is 5.92. The van der Waals surface area contributed by atoms with Crippen molar-refractivity contribution in [1.29, 1.82) is 0 Å². The molecule has 0 unspecified atom stereocenters. The molecule has 6 nitrogen and oxygen atoms in total. The van der Waals surface area contributed by atoms with Crippen molar-refractivity contribution in [2.45, 2.75) is 44.1 Å². The van der Waals surface area contributed by atoms with Crippen LogP contribution in [0.1, 0.15) is 42.4 Å². The van der Waals surface area contributed by atoms with Gasteiger partial charge in [-0.3, -0.25) is 9.69 Å². The summed E-state index contributed by atoms with van der Waals surface area (Å²) in [5.74, 6) is -2.22. The number of piperidine rings is 1. The van der Waals surface area contributed by atoms with E-state index in [0.717, 1.165) is 0 Å². The van der Waals surface area contributed by atoms with Crippen molar-refractivity contribution in [1.82, 2.24) is 15.0 Å². The molecule has 0 saturated carbocycles. The van der Waals surface area contributed by atoms with Gasteiger partial charge in [0.25, 0.3) is 11.8 Å². The van der Waals surface area contributed by atoms with Gasteiger partial charge in [-0.25, -0.2) is 8.78 Å². The monoisotopic (exact) mass is 343 g/mol. The summed E-state index contributed by atoms with van der Waals surface area (Å²) in [4.78, 5) is 15.8. The number of aliphatic hydroxyl groups is 1. The lowest BCUT2D eigenvalue weighted by atomic mass is 10.00. The second-order valence-electron chi connectivity index (χ2n) is 6.87. The Kier molecular flexibility index (Phi) is 4.61. The smallest absolute Gasteiger partial charge is 0.276 e. The third-order valence-corrected chi connectivity index (χ3v) is 4.85. The maximum absolute atomic E-state index is 13.2. The van der Waals surface area contributed by atoms with Crippen molar-refractivity contribution >= 4 is 5.91 Å². The SMILES string of the molecule is CCc1cc(C(=O)N2CC[C@@](O)(CN3CCC(F)(F)CC3)C2)no1. The van der Waals surface area contributed by atoms with E-state index in [1.165, 1.54) is 0 Å². The summed E-state index contributed by atoms with van der Waals surface area (Å²) in [6.07, 6.45) is 0.739. The van der Waals surface area contributed by atoms with Gasteiger partial charge in [-0.15, -0.1) is 0 Å². The summed E-state index contributed by atoms with van der Waals surface area (Å²) in [5.41, 5.74) is -0.812. The Morgan fingerprint density at radius 2 is 2.04 bits per heavy atom. The lowest BCUT2D eigenvalue weighted by molar-refractivity contribution is -0.0720. The third kappa shape index (κ3) is 3.75. The van der Waals surface area contributed by atoms with Crippen LogP contribution < -0.4 is 0 Å². The van der Waals surface area contributed by atoms with E-state index in [2.05, 4.69) is 5.16 Å². The molecule has 0 bridgehead atoms. The number of aryl methyl sites for hydroxylation is 1. The van der Waals surface area contributed by atoms with Gasteiger partial charge in [-0.2, -0.15) is 0 Å². The van der Waals surface area contributed by atoms with Crippen LogP contribution in [-0.2, 0) is 6.42 Å². The molecular weight excluding hydrogens is 320 g/mol. The molecule has 0 aromatic carbocycles. The zero-order chi connectivity index (χ0) is 17.4. The van der Waals surface area contributed by atoms with E-state index in [1.54, 1.807) is 11.0 Å². The van der Waals surface area contributed by atoms with Crippen LogP contribution in [0.3, 0.4) is 0 Å². The molecule has 0 radical (unpaired) electrons. The molecule has 1 atom stereocenters. The summed E-state index contributed by atoms with van der Waals surface area (Å²) in [6, 6.07) is 1.62. The largest absolute Gasteiger partial charge is 0.387 e. The maximum Gasteiger partial charge on any atom is 0.276 e. The zero-order valence-electron chi connectivity index (χ0n) is 13.8. The van der Waals surface area contributed by atoms with Crippen LogP contribution in [0, 0.1) is 0 Å². The number of rotatable bonds is 4. The molecule has 1 aromatic heterocycles. The van der Waals surface area contributed by atoms with Gasteiger partial charge >= 0.3 is 0 Å². The summed E-state index contributed by atoms with van der Waals surface area (Å²) in [5, 5.41) is 14.5. The molecule has 0 spiro atoms. The van der Waals surface area contributed by atoms with E-state index in [1.807, 2.05) is 11.8 Å². The van der Waals surface area contributed by atoms with Crippen LogP contribution in [-0.4, -0.2) is 70.2 Å². The lowest BCUT2D eigenvalue weighted by Crippen LogP contribution is -2.49. The second kappa shape index (κ2) is 6.40. The molecule has 0 aliphatic carbocycles. The molecule has 8 heteroatoms. The number of carbonyl (C=O) groups is 1. The van der Waals surface area contributed by atoms with E-state index in [4.69, 9.17) is 4.52 Å². The molecule has 24 heavy (non-hydrogen) atoms. The van der Waals surface area contributed by atoms with Crippen molar-refractivity contribution in [3.63, 3.8) is 0 Å². The Morgan fingerprint density at radius 1 is 1.33 bits per heavy atom. The number of nitrogens with zero attached hydrogens (tertiary/aromatic N) is 3. The molecule has 2 aliphatic heterocycles. The summed E-state index contributed by atoms with van der Waals surface area (Å²) >= 11 is 0. The minimum absolute atomic E-state index is 0.176. The van der Waals surface area contributed by atoms with Crippen LogP contribution in [0.5, 0.6) is 0 Å². The Bertz CT molecular complexity index is 597. The normalized spacial score (nSPS) is 27.6. The van der Waals surface area contributed by atoms with Gasteiger partial charge in [-0.1, -0.05) is 12.1 Å². The standard InChI is InChI=1S/C16H23F2N3O3/c1-2-12-9-13(19-24-12)14(22)21-8-3-15(23,11-21)10-20-6-4-16(17,18)5-7-20/h9,23H,2-8,10-11H2,1H3/t15-/m1/s1. The first-order chi connectivity index (χ1) is 11.3. The Morgan fingerprint density at radius 3 is 2.67 bits per heavy atom. The Labute approximate surface area is 139 Å². The van der Waals surface area contributed by atoms with E-state index in [9.17, 15) is 18.7 Å². The molecule has 2 fully saturated rings. The molecular formula is C16H23F2N3O3. The van der Waals surface area contributed by atoms with Crippen molar-refractivity contribution in [2.75, 3.05) is 32.7 Å². The van der Waals surface area contributed by atoms with E-state index in [0.29, 0.717) is 31.7 Å². The fraction of sp³-hybridized carbons (Fsp3) is 0.750. The molecule has 1 amide bonds. The maximum atomic E-state index is 13.2. The quantitative estimate of drug-likeness (QED) is 0.898. The molecule has 1 aromatic rings. The zero-order valence-corrected chi connectivity index (χ0v) is 13.8. The van der Waals surface area contributed by atoms with Crippen LogP contribution in [0.4, 0.5) is 8.78 Å². The van der Waals surface area contributed by atoms with Crippen LogP contribution in [0.25, 0.3) is 0 Å². The van der Waals surface area contributed by atoms with Crippen molar-refractivity contribution in [2.24, 2.45) is 0 Å². The first-order valence-electron chi connectivity index (χ1n) is 8.38. The summed E-state index contributed by atoms with van der Waals surface area (Å²) < 4.78 is 31.5. The average Bonchev–Trinajstić information content (AvgIpc) is 3.16. The second-order valence-corrected chi connectivity index (χ2v) is 6.87. The van der Waals surface area contributed by atoms with Gasteiger partial charge in [-0.05, 0) is 6.42 Å². The van der Waals surface area contributed by atoms with Crippen LogP contribution in [0.2, 0.25) is 0 Å². The number of hydrogen-bond acceptors (Lipinski definition) is 5. The summed E-state index contributed by atoms with van der Waals surface area (Å²) in [7, 11) is 0. The molecule has 2 saturated heterocycles. The predicted octanol–water partition coefficient (Wildman–Crippen LogP) is 1.55. The van der Waals surface area contributed by atoms with E-state index >= 15 is 0 Å². The highest BCUT2D eigenvalue weighted by atomic mass is 19.3. The average molecular weight is 343 g/mol. The highest BCUT2D eigenvalue weighted by Crippen LogP contribution is 2.30. The van der Waals surface area contributed by atoms with Crippen molar-refractivity contribution < 1.29 is 23.2 Å². The van der Waals surface area contributed by atoms with Gasteiger partial charge in [0.15, 0.2) is 5.69 Å². The highest BCUT2D eigenvalue weighted by Gasteiger charge is 2.42. The van der Waals surface area contributed by atoms with Gasteiger partial charge < -0.3 is 14.5 Å². The first kappa shape index (κ1) is 17.3. The van der Waals surface area contributed by atoms with Gasteiger partial charge in [0.1, 0.15) is 5.76 Å². The number of β-amino-alcohol motifs (C(OH)–C–C–N with tert-alkyl or cyclic N) is 1. The van der Waals surface area contributed by atoms with Crippen LogP contribution >= 0.6 is 0 Å². The number of carbonyl (C=O) groups excluding carboxylic acids is 1. The first-order valence-corrected chi connectivity index (χ1v) is 8.38. The molecule has 134 valence electrons. The summed E-state index contributed by atoms with van der Waals surface area (Å²) in [6.45, 7) is 3.37. The third-order valence-electron chi connectivity index (χ3n) is 4.85. The number of hydrogen-bond donors (Lipinski definition) is 1. The van der Waals surface area contributed by atoms with Crippen molar-refractivity contribution in [3.05, 3.63) is 17.5 Å². The fourth-order valence-corrected chi connectivity index (χ4v) is 3.36. The van der Waals surface area contributed by atoms with Gasteiger partial charge in [0.2, 0.25) is 0 Å². The number of alkyl halides is 2. The van der Waals surface area contributed by atoms with Gasteiger partial charge in [0.05, 0.1) is 12.1 Å². The predicted molar refractivity (Wildman–Crippen MR) is 82.0 cm³/mol. The molecule has 3 rings (SSSR count). The minimum Gasteiger partial charge on any atom is -0.387 e. The lowest BCUT2D eigenvalue weighted by Gasteiger charge is -2.36. The van der Waals surface area contributed by atoms with E-state index < -0.39 is 11.5 Å². The van der Waals surface area contributed by atoms with Crippen molar-refractivity contribution in [3.8, 4) is 0 Å². The fourth-order valence-electron chi connectivity index (χ4n) is 3.36. The molecule has 3 heterocycles. The van der Waals surface area contributed by atoms with Crippen LogP contribution in [0.15, 0.2) is 10.6 Å². The van der Waals surface area contributed by atoms with E-state index in [-0.39, 0.29) is 44.1 Å². The number of aromatic nitrogens is 1. The molecule has 2 aliphatic rings. The topological polar surface area (TPSA) is 69.8 Å². The number of likely N-dealkylation sites (tertiary alicyclic amines) is 2. The Balaban J connectivity index is 1.56. The Hall–Kier alpha value is -1.54. The minimum atomic E-state index is -2.60. The van der Waals surface area contributed by atoms with Gasteiger partial charge in [0, 0.05) is 51.5 Å². The number of amides is 1.